The summed E-state index contributed by atoms with van der Waals surface area (Å²) in [6, 6.07) is 9.38. The number of hydrogen-bond acceptors (Lipinski definition) is 7. The van der Waals surface area contributed by atoms with Crippen LogP contribution >= 0.6 is 15.9 Å². The Morgan fingerprint density at radius 3 is 2.71 bits per heavy atom. The number of benzene rings is 2. The number of aromatic nitrogens is 2. The summed E-state index contributed by atoms with van der Waals surface area (Å²) in [5.74, 6) is -0.746. The van der Waals surface area contributed by atoms with E-state index < -0.39 is 22.7 Å². The summed E-state index contributed by atoms with van der Waals surface area (Å²) in [5.41, 5.74) is 0.220. The molecule has 10 nitrogen and oxygen atoms in total. The topological polar surface area (TPSA) is 137 Å². The second kappa shape index (κ2) is 10.3. The molecule has 1 heterocycles. The molecule has 1 atom stereocenters. The standard InChI is InChI=1S/C24H23BrN4O6/c1-14(24(31)32)35-21-10-7-15(11-20(21)29(33)34)13-26-28-22(16-5-3-2-4-6-16)27-19-9-8-17(25)12-18(19)23(28)30/h7-14,16H,2-6H2,1H3,(H,31,32)/t14-/m1/s1. The Morgan fingerprint density at radius 2 is 2.03 bits per heavy atom. The normalized spacial score (nSPS) is 15.4. The highest BCUT2D eigenvalue weighted by molar-refractivity contribution is 9.10. The largest absolute Gasteiger partial charge is 0.479 e. The molecular formula is C24H23BrN4O6. The van der Waals surface area contributed by atoms with Gasteiger partial charge in [-0.1, -0.05) is 35.2 Å². The molecule has 11 heteroatoms. The fourth-order valence-corrected chi connectivity index (χ4v) is 4.49. The van der Waals surface area contributed by atoms with Gasteiger partial charge in [-0.15, -0.1) is 0 Å². The van der Waals surface area contributed by atoms with Crippen LogP contribution in [0.2, 0.25) is 0 Å². The lowest BCUT2D eigenvalue weighted by Crippen LogP contribution is -2.25. The fraction of sp³-hybridized carbons (Fsp3) is 0.333. The number of ether oxygens (including phenoxy) is 1. The molecule has 1 saturated carbocycles. The number of carboxylic acids is 1. The van der Waals surface area contributed by atoms with E-state index >= 15 is 0 Å². The first-order valence-corrected chi connectivity index (χ1v) is 12.0. The number of rotatable bonds is 7. The molecule has 1 aliphatic carbocycles. The number of carbonyl (C=O) groups is 1. The lowest BCUT2D eigenvalue weighted by molar-refractivity contribution is -0.386. The van der Waals surface area contributed by atoms with Crippen LogP contribution < -0.4 is 10.3 Å². The van der Waals surface area contributed by atoms with Crippen LogP contribution in [-0.2, 0) is 4.79 Å². The number of nitro benzene ring substituents is 1. The third kappa shape index (κ3) is 5.40. The van der Waals surface area contributed by atoms with Gasteiger partial charge < -0.3 is 9.84 Å². The third-order valence-corrected chi connectivity index (χ3v) is 6.45. The smallest absolute Gasteiger partial charge is 0.344 e. The minimum atomic E-state index is -1.26. The van der Waals surface area contributed by atoms with Crippen molar-refractivity contribution in [3.63, 3.8) is 0 Å². The summed E-state index contributed by atoms with van der Waals surface area (Å²) < 4.78 is 7.24. The van der Waals surface area contributed by atoms with Crippen molar-refractivity contribution in [2.24, 2.45) is 5.10 Å². The Labute approximate surface area is 208 Å². The van der Waals surface area contributed by atoms with Gasteiger partial charge in [-0.2, -0.15) is 9.78 Å². The Bertz CT molecular complexity index is 1380. The molecule has 2 aromatic carbocycles. The summed E-state index contributed by atoms with van der Waals surface area (Å²) in [6.45, 7) is 1.28. The molecule has 1 N–H and O–H groups in total. The van der Waals surface area contributed by atoms with Crippen LogP contribution in [0.15, 0.2) is 50.8 Å². The van der Waals surface area contributed by atoms with E-state index in [1.807, 2.05) is 6.07 Å². The second-order valence-corrected chi connectivity index (χ2v) is 9.33. The van der Waals surface area contributed by atoms with Crippen molar-refractivity contribution in [1.82, 2.24) is 9.66 Å². The fourth-order valence-electron chi connectivity index (χ4n) is 4.12. The van der Waals surface area contributed by atoms with Crippen LogP contribution in [0.25, 0.3) is 10.9 Å². The maximum atomic E-state index is 13.4. The van der Waals surface area contributed by atoms with Crippen LogP contribution in [0.5, 0.6) is 5.75 Å². The lowest BCUT2D eigenvalue weighted by atomic mass is 9.88. The first-order valence-electron chi connectivity index (χ1n) is 11.2. The van der Waals surface area contributed by atoms with Gasteiger partial charge in [0.15, 0.2) is 11.9 Å². The summed E-state index contributed by atoms with van der Waals surface area (Å²) in [5, 5.41) is 25.4. The third-order valence-electron chi connectivity index (χ3n) is 5.96. The number of halogens is 1. The van der Waals surface area contributed by atoms with E-state index in [4.69, 9.17) is 14.8 Å². The van der Waals surface area contributed by atoms with E-state index in [9.17, 15) is 19.7 Å². The number of nitro groups is 1. The minimum absolute atomic E-state index is 0.0873. The molecule has 182 valence electrons. The molecule has 0 aliphatic heterocycles. The summed E-state index contributed by atoms with van der Waals surface area (Å²) in [4.78, 5) is 40.1. The van der Waals surface area contributed by atoms with E-state index in [0.29, 0.717) is 22.3 Å². The van der Waals surface area contributed by atoms with Gasteiger partial charge in [0.2, 0.25) is 0 Å². The summed E-state index contributed by atoms with van der Waals surface area (Å²) in [7, 11) is 0. The SMILES string of the molecule is C[C@@H](Oc1ccc(C=Nn2c(C3CCCCC3)nc3ccc(Br)cc3c2=O)cc1[N+](=O)[O-])C(=O)O. The van der Waals surface area contributed by atoms with E-state index in [2.05, 4.69) is 21.0 Å². The Balaban J connectivity index is 1.77. The number of aliphatic carboxylic acids is 1. The van der Waals surface area contributed by atoms with Crippen molar-refractivity contribution in [3.05, 3.63) is 72.7 Å². The molecule has 0 radical (unpaired) electrons. The van der Waals surface area contributed by atoms with Crippen molar-refractivity contribution in [2.75, 3.05) is 0 Å². The molecule has 35 heavy (non-hydrogen) atoms. The minimum Gasteiger partial charge on any atom is -0.479 e. The first kappa shape index (κ1) is 24.5. The summed E-state index contributed by atoms with van der Waals surface area (Å²) >= 11 is 3.39. The monoisotopic (exact) mass is 542 g/mol. The number of hydrogen-bond donors (Lipinski definition) is 1. The van der Waals surface area contributed by atoms with E-state index in [0.717, 1.165) is 36.6 Å². The molecule has 3 aromatic rings. The van der Waals surface area contributed by atoms with Crippen molar-refractivity contribution in [1.29, 1.82) is 0 Å². The van der Waals surface area contributed by atoms with Crippen molar-refractivity contribution in [2.45, 2.75) is 51.0 Å². The second-order valence-electron chi connectivity index (χ2n) is 8.41. The van der Waals surface area contributed by atoms with Gasteiger partial charge in [-0.3, -0.25) is 14.9 Å². The van der Waals surface area contributed by atoms with Crippen molar-refractivity contribution >= 4 is 44.7 Å². The summed E-state index contributed by atoms with van der Waals surface area (Å²) in [6.07, 6.45) is 5.15. The van der Waals surface area contributed by atoms with Crippen molar-refractivity contribution in [3.8, 4) is 5.75 Å². The molecule has 0 bridgehead atoms. The highest BCUT2D eigenvalue weighted by Crippen LogP contribution is 2.32. The zero-order valence-electron chi connectivity index (χ0n) is 18.9. The van der Waals surface area contributed by atoms with Crippen LogP contribution in [0.4, 0.5) is 5.69 Å². The first-order chi connectivity index (χ1) is 16.7. The molecule has 0 unspecified atom stereocenters. The maximum absolute atomic E-state index is 13.4. The average Bonchev–Trinajstić information content (AvgIpc) is 2.84. The van der Waals surface area contributed by atoms with Crippen LogP contribution in [-0.4, -0.2) is 38.0 Å². The number of carboxylic acid groups (broad SMARTS) is 1. The molecule has 0 amide bonds. The molecule has 1 aromatic heterocycles. The zero-order valence-corrected chi connectivity index (χ0v) is 20.5. The highest BCUT2D eigenvalue weighted by Gasteiger charge is 2.23. The molecule has 1 fully saturated rings. The lowest BCUT2D eigenvalue weighted by Gasteiger charge is -2.22. The molecule has 1 aliphatic rings. The highest BCUT2D eigenvalue weighted by atomic mass is 79.9. The van der Waals surface area contributed by atoms with E-state index in [1.54, 1.807) is 12.1 Å². The van der Waals surface area contributed by atoms with Crippen LogP contribution in [0.1, 0.15) is 56.3 Å². The molecule has 0 spiro atoms. The maximum Gasteiger partial charge on any atom is 0.344 e. The predicted octanol–water partition coefficient (Wildman–Crippen LogP) is 4.85. The Morgan fingerprint density at radius 1 is 1.29 bits per heavy atom. The van der Waals surface area contributed by atoms with E-state index in [1.165, 1.54) is 36.0 Å². The van der Waals surface area contributed by atoms with Gasteiger partial charge in [-0.05, 0) is 50.1 Å². The average molecular weight is 543 g/mol. The van der Waals surface area contributed by atoms with Crippen LogP contribution in [0, 0.1) is 10.1 Å². The number of nitrogens with zero attached hydrogens (tertiary/aromatic N) is 4. The molecular weight excluding hydrogens is 520 g/mol. The predicted molar refractivity (Wildman–Crippen MR) is 133 cm³/mol. The van der Waals surface area contributed by atoms with Gasteiger partial charge in [-0.25, -0.2) is 9.78 Å². The van der Waals surface area contributed by atoms with E-state index in [-0.39, 0.29) is 17.2 Å². The number of fused-ring (bicyclic) bond motifs is 1. The van der Waals surface area contributed by atoms with Gasteiger partial charge >= 0.3 is 11.7 Å². The van der Waals surface area contributed by atoms with Crippen molar-refractivity contribution < 1.29 is 19.6 Å². The van der Waals surface area contributed by atoms with Crippen LogP contribution in [0.3, 0.4) is 0 Å². The van der Waals surface area contributed by atoms with Gasteiger partial charge in [0.25, 0.3) is 5.56 Å². The quantitative estimate of drug-likeness (QED) is 0.256. The van der Waals surface area contributed by atoms with Gasteiger partial charge in [0.05, 0.1) is 22.0 Å². The van der Waals surface area contributed by atoms with Gasteiger partial charge in [0, 0.05) is 22.0 Å². The molecule has 4 rings (SSSR count). The Kier molecular flexibility index (Phi) is 7.25. The Hall–Kier alpha value is -3.60. The zero-order chi connectivity index (χ0) is 25.1. The van der Waals surface area contributed by atoms with Gasteiger partial charge in [0.1, 0.15) is 5.82 Å². The molecule has 0 saturated heterocycles.